The van der Waals surface area contributed by atoms with Crippen LogP contribution in [-0.2, 0) is 11.3 Å². The average molecular weight is 396 g/mol. The van der Waals surface area contributed by atoms with Gasteiger partial charge in [0.05, 0.1) is 7.05 Å². The Morgan fingerprint density at radius 3 is 2.55 bits per heavy atom. The normalized spacial score (nSPS) is 11.7. The molecule has 0 bridgehead atoms. The molecule has 0 aliphatic rings. The number of amides is 1. The first-order chi connectivity index (χ1) is 13.9. The first-order valence-electron chi connectivity index (χ1n) is 9.09. The number of para-hydroxylation sites is 1. The van der Waals surface area contributed by atoms with E-state index in [0.717, 1.165) is 16.2 Å². The molecule has 0 saturated heterocycles. The van der Waals surface area contributed by atoms with Crippen LogP contribution in [0.2, 0.25) is 0 Å². The highest BCUT2D eigenvalue weighted by Gasteiger charge is 2.14. The Labute approximate surface area is 168 Å². The summed E-state index contributed by atoms with van der Waals surface area (Å²) in [5.41, 5.74) is 8.29. The Hall–Kier alpha value is -3.59. The van der Waals surface area contributed by atoms with E-state index in [-0.39, 0.29) is 24.2 Å². The minimum Gasteiger partial charge on any atom is -0.368 e. The van der Waals surface area contributed by atoms with E-state index in [0.29, 0.717) is 24.0 Å². The maximum atomic E-state index is 13.0. The predicted molar refractivity (Wildman–Crippen MR) is 109 cm³/mol. The molecular weight excluding hydrogens is 373 g/mol. The maximum Gasteiger partial charge on any atom is 0.279 e. The monoisotopic (exact) mass is 396 g/mol. The molecule has 0 aliphatic heterocycles. The Bertz CT molecular complexity index is 994. The first-order valence-corrected chi connectivity index (χ1v) is 9.09. The number of likely N-dealkylation sites (N-methyl/N-ethyl adjacent to an activating group) is 1. The summed E-state index contributed by atoms with van der Waals surface area (Å²) in [6, 6.07) is 13.4. The number of nitrogens with one attached hydrogen (secondary N) is 3. The van der Waals surface area contributed by atoms with Crippen LogP contribution in [0.1, 0.15) is 11.4 Å². The number of nitrogens with two attached hydrogens (primary N) is 1. The smallest absolute Gasteiger partial charge is 0.279 e. The summed E-state index contributed by atoms with van der Waals surface area (Å²) in [6.07, 6.45) is 0. The van der Waals surface area contributed by atoms with Crippen LogP contribution in [0.25, 0.3) is 0 Å². The number of rotatable bonds is 7. The van der Waals surface area contributed by atoms with Gasteiger partial charge >= 0.3 is 0 Å². The van der Waals surface area contributed by atoms with Crippen LogP contribution >= 0.6 is 0 Å². The van der Waals surface area contributed by atoms with E-state index in [1.807, 2.05) is 38.2 Å². The highest BCUT2D eigenvalue weighted by molar-refractivity contribution is 5.91. The summed E-state index contributed by atoms with van der Waals surface area (Å²) in [5.74, 6) is 0.378. The molecule has 150 valence electrons. The Kier molecular flexibility index (Phi) is 6.30. The Morgan fingerprint density at radius 2 is 1.83 bits per heavy atom. The van der Waals surface area contributed by atoms with Gasteiger partial charge in [-0.1, -0.05) is 18.2 Å². The number of nitrogen functional groups attached to an aromatic ring is 1. The number of aromatic nitrogens is 3. The fraction of sp³-hybridized carbons (Fsp3) is 0.200. The van der Waals surface area contributed by atoms with Crippen molar-refractivity contribution in [3.05, 3.63) is 65.7 Å². The maximum absolute atomic E-state index is 13.0. The number of aryl methyl sites for hydroxylation is 1. The number of halogens is 1. The van der Waals surface area contributed by atoms with Crippen LogP contribution in [0.5, 0.6) is 0 Å². The summed E-state index contributed by atoms with van der Waals surface area (Å²) >= 11 is 0. The molecule has 0 radical (unpaired) electrons. The van der Waals surface area contributed by atoms with Gasteiger partial charge in [0, 0.05) is 11.4 Å². The number of quaternary nitrogens is 1. The molecule has 0 aliphatic carbocycles. The predicted octanol–water partition coefficient (Wildman–Crippen LogP) is 1.30. The molecule has 0 spiro atoms. The van der Waals surface area contributed by atoms with Gasteiger partial charge in [-0.25, -0.2) is 4.39 Å². The van der Waals surface area contributed by atoms with Gasteiger partial charge in [-0.05, 0) is 42.8 Å². The minimum absolute atomic E-state index is 0.106. The zero-order chi connectivity index (χ0) is 20.8. The molecule has 1 aromatic heterocycles. The molecule has 9 heteroatoms. The van der Waals surface area contributed by atoms with E-state index in [1.54, 1.807) is 0 Å². The molecule has 5 N–H and O–H groups in total. The standard InChI is InChI=1S/C20H22FN7O/c1-13-5-3-4-6-16(13)24-20-26-17(25-19(22)27-20)11-28(2)12-18(29)23-15-9-7-14(21)8-10-15/h3-10H,11-12H2,1-2H3,(H,23,29)(H3,22,24,25,26,27)/p+1. The largest absolute Gasteiger partial charge is 0.368 e. The van der Waals surface area contributed by atoms with E-state index in [9.17, 15) is 9.18 Å². The van der Waals surface area contributed by atoms with Crippen LogP contribution in [0.4, 0.5) is 27.7 Å². The van der Waals surface area contributed by atoms with Gasteiger partial charge in [-0.2, -0.15) is 15.0 Å². The third kappa shape index (κ3) is 5.94. The third-order valence-electron chi connectivity index (χ3n) is 4.14. The second kappa shape index (κ2) is 9.07. The van der Waals surface area contributed by atoms with Crippen LogP contribution < -0.4 is 21.3 Å². The summed E-state index contributed by atoms with van der Waals surface area (Å²) in [5, 5.41) is 5.87. The topological polar surface area (TPSA) is 110 Å². The SMILES string of the molecule is Cc1ccccc1Nc1nc(N)nc(C[NH+](C)CC(=O)Nc2ccc(F)cc2)n1. The van der Waals surface area contributed by atoms with Gasteiger partial charge in [0.15, 0.2) is 12.4 Å². The van der Waals surface area contributed by atoms with Crippen molar-refractivity contribution in [1.29, 1.82) is 0 Å². The zero-order valence-electron chi connectivity index (χ0n) is 16.2. The van der Waals surface area contributed by atoms with E-state index in [4.69, 9.17) is 5.73 Å². The lowest BCUT2D eigenvalue weighted by Gasteiger charge is -2.14. The van der Waals surface area contributed by atoms with Crippen LogP contribution in [0.15, 0.2) is 48.5 Å². The van der Waals surface area contributed by atoms with Crippen molar-refractivity contribution in [2.75, 3.05) is 30.0 Å². The average Bonchev–Trinajstić information content (AvgIpc) is 2.65. The number of carbonyl (C=O) groups excluding carboxylic acids is 1. The fourth-order valence-electron chi connectivity index (χ4n) is 2.75. The van der Waals surface area contributed by atoms with Crippen molar-refractivity contribution in [2.24, 2.45) is 0 Å². The molecule has 29 heavy (non-hydrogen) atoms. The molecule has 1 atom stereocenters. The number of benzene rings is 2. The third-order valence-corrected chi connectivity index (χ3v) is 4.14. The quantitative estimate of drug-likeness (QED) is 0.479. The number of nitrogens with zero attached hydrogens (tertiary/aromatic N) is 3. The number of hydrogen-bond donors (Lipinski definition) is 4. The van der Waals surface area contributed by atoms with E-state index in [1.165, 1.54) is 24.3 Å². The minimum atomic E-state index is -0.353. The fourth-order valence-corrected chi connectivity index (χ4v) is 2.75. The van der Waals surface area contributed by atoms with Gasteiger partial charge in [0.1, 0.15) is 12.4 Å². The lowest BCUT2D eigenvalue weighted by atomic mass is 10.2. The van der Waals surface area contributed by atoms with Gasteiger partial charge in [0.25, 0.3) is 5.91 Å². The van der Waals surface area contributed by atoms with Crippen molar-refractivity contribution in [2.45, 2.75) is 13.5 Å². The molecule has 8 nitrogen and oxygen atoms in total. The second-order valence-corrected chi connectivity index (χ2v) is 6.74. The highest BCUT2D eigenvalue weighted by Crippen LogP contribution is 2.17. The molecule has 2 aromatic carbocycles. The second-order valence-electron chi connectivity index (χ2n) is 6.74. The highest BCUT2D eigenvalue weighted by atomic mass is 19.1. The molecular formula is C20H23FN7O+. The summed E-state index contributed by atoms with van der Waals surface area (Å²) in [4.78, 5) is 25.7. The van der Waals surface area contributed by atoms with Crippen molar-refractivity contribution in [3.8, 4) is 0 Å². The Morgan fingerprint density at radius 1 is 1.10 bits per heavy atom. The number of anilines is 4. The van der Waals surface area contributed by atoms with E-state index < -0.39 is 0 Å². The molecule has 0 saturated carbocycles. The van der Waals surface area contributed by atoms with E-state index in [2.05, 4.69) is 25.6 Å². The summed E-state index contributed by atoms with van der Waals surface area (Å²) < 4.78 is 13.0. The van der Waals surface area contributed by atoms with Crippen molar-refractivity contribution in [3.63, 3.8) is 0 Å². The number of carbonyl (C=O) groups is 1. The summed E-state index contributed by atoms with van der Waals surface area (Å²) in [7, 11) is 1.85. The van der Waals surface area contributed by atoms with Crippen molar-refractivity contribution >= 4 is 29.2 Å². The molecule has 3 aromatic rings. The molecule has 1 amide bonds. The van der Waals surface area contributed by atoms with Gasteiger partial charge in [-0.3, -0.25) is 4.79 Å². The van der Waals surface area contributed by atoms with Crippen molar-refractivity contribution < 1.29 is 14.1 Å². The van der Waals surface area contributed by atoms with E-state index >= 15 is 0 Å². The van der Waals surface area contributed by atoms with Gasteiger partial charge < -0.3 is 21.3 Å². The lowest BCUT2D eigenvalue weighted by Crippen LogP contribution is -3.08. The van der Waals surface area contributed by atoms with Crippen molar-refractivity contribution in [1.82, 2.24) is 15.0 Å². The molecule has 0 fully saturated rings. The molecule has 1 unspecified atom stereocenters. The molecule has 1 heterocycles. The Balaban J connectivity index is 1.61. The number of hydrogen-bond acceptors (Lipinski definition) is 6. The summed E-state index contributed by atoms with van der Waals surface area (Å²) in [6.45, 7) is 2.54. The lowest BCUT2D eigenvalue weighted by molar-refractivity contribution is -0.885. The van der Waals surface area contributed by atoms with Crippen LogP contribution in [0, 0.1) is 12.7 Å². The first kappa shape index (κ1) is 20.2. The zero-order valence-corrected chi connectivity index (χ0v) is 16.2. The van der Waals surface area contributed by atoms with Crippen LogP contribution in [-0.4, -0.2) is 34.5 Å². The van der Waals surface area contributed by atoms with Gasteiger partial charge in [0.2, 0.25) is 11.9 Å². The van der Waals surface area contributed by atoms with Gasteiger partial charge in [-0.15, -0.1) is 0 Å². The van der Waals surface area contributed by atoms with Crippen LogP contribution in [0.3, 0.4) is 0 Å². The molecule has 3 rings (SSSR count).